The van der Waals surface area contributed by atoms with E-state index in [1.54, 1.807) is 25.3 Å². The molecule has 0 fully saturated rings. The van der Waals surface area contributed by atoms with Crippen LogP contribution in [0.4, 0.5) is 0 Å². The van der Waals surface area contributed by atoms with E-state index < -0.39 is 5.91 Å². The van der Waals surface area contributed by atoms with Crippen molar-refractivity contribution in [2.75, 3.05) is 13.7 Å². The van der Waals surface area contributed by atoms with E-state index in [1.807, 2.05) is 0 Å². The summed E-state index contributed by atoms with van der Waals surface area (Å²) >= 11 is 9.53. The lowest BCUT2D eigenvalue weighted by atomic mass is 10.2. The van der Waals surface area contributed by atoms with Crippen LogP contribution in [0.5, 0.6) is 23.0 Å². The lowest BCUT2D eigenvalue weighted by Gasteiger charge is -2.09. The second-order valence-electron chi connectivity index (χ2n) is 4.84. The molecule has 0 spiro atoms. The van der Waals surface area contributed by atoms with Crippen LogP contribution in [-0.4, -0.2) is 36.1 Å². The highest BCUT2D eigenvalue weighted by Crippen LogP contribution is 2.40. The number of methoxy groups -OCH3 is 1. The molecule has 0 radical (unpaired) electrons. The smallest absolute Gasteiger partial charge is 0.277 e. The Morgan fingerprint density at radius 3 is 2.58 bits per heavy atom. The summed E-state index contributed by atoms with van der Waals surface area (Å²) in [6, 6.07) is 6.55. The van der Waals surface area contributed by atoms with Crippen LogP contribution >= 0.6 is 47.8 Å². The lowest BCUT2D eigenvalue weighted by Crippen LogP contribution is -2.24. The van der Waals surface area contributed by atoms with E-state index in [-0.39, 0.29) is 22.6 Å². The molecule has 0 aliphatic rings. The van der Waals surface area contributed by atoms with Crippen LogP contribution in [0.3, 0.4) is 0 Å². The Labute approximate surface area is 174 Å². The molecule has 2 aromatic rings. The molecule has 2 aromatic carbocycles. The Morgan fingerprint density at radius 1 is 1.19 bits per heavy atom. The van der Waals surface area contributed by atoms with Gasteiger partial charge in [-0.05, 0) is 72.1 Å². The van der Waals surface area contributed by atoms with E-state index in [0.717, 1.165) is 0 Å². The van der Waals surface area contributed by atoms with Gasteiger partial charge in [0.1, 0.15) is 27.5 Å². The Balaban J connectivity index is 1.94. The SMILES string of the molecule is COc1ccc(OCC(=O)N/N=C/c2cc(Br)c(O)c(Br)c2O)c(Br)c1. The van der Waals surface area contributed by atoms with Crippen molar-refractivity contribution in [1.29, 1.82) is 0 Å². The summed E-state index contributed by atoms with van der Waals surface area (Å²) < 4.78 is 11.6. The second-order valence-corrected chi connectivity index (χ2v) is 7.34. The molecule has 138 valence electrons. The number of phenolic OH excluding ortho intramolecular Hbond substituents is 2. The summed E-state index contributed by atoms with van der Waals surface area (Å²) in [5.41, 5.74) is 2.58. The van der Waals surface area contributed by atoms with Gasteiger partial charge in [-0.2, -0.15) is 5.10 Å². The number of hydrogen-bond donors (Lipinski definition) is 3. The molecule has 0 aromatic heterocycles. The van der Waals surface area contributed by atoms with E-state index in [9.17, 15) is 15.0 Å². The van der Waals surface area contributed by atoms with E-state index in [1.165, 1.54) is 12.3 Å². The number of halogens is 3. The molecule has 2 rings (SSSR count). The van der Waals surface area contributed by atoms with Crippen LogP contribution < -0.4 is 14.9 Å². The first-order chi connectivity index (χ1) is 12.3. The quantitative estimate of drug-likeness (QED) is 0.372. The molecule has 0 aliphatic carbocycles. The summed E-state index contributed by atoms with van der Waals surface area (Å²) in [5.74, 6) is 0.308. The van der Waals surface area contributed by atoms with Crippen LogP contribution in [0.15, 0.2) is 42.8 Å². The van der Waals surface area contributed by atoms with Crippen molar-refractivity contribution < 1.29 is 24.5 Å². The molecule has 0 unspecified atom stereocenters. The van der Waals surface area contributed by atoms with Gasteiger partial charge in [0.25, 0.3) is 5.91 Å². The van der Waals surface area contributed by atoms with Gasteiger partial charge in [-0.1, -0.05) is 0 Å². The summed E-state index contributed by atoms with van der Waals surface area (Å²) in [5, 5.41) is 23.3. The molecular formula is C16H13Br3N2O5. The molecule has 0 aliphatic heterocycles. The highest BCUT2D eigenvalue weighted by atomic mass is 79.9. The number of benzene rings is 2. The molecule has 3 N–H and O–H groups in total. The minimum Gasteiger partial charge on any atom is -0.506 e. The maximum absolute atomic E-state index is 11.8. The van der Waals surface area contributed by atoms with Crippen molar-refractivity contribution >= 4 is 59.9 Å². The normalized spacial score (nSPS) is 10.8. The number of hydrogen-bond acceptors (Lipinski definition) is 6. The molecule has 0 bridgehead atoms. The van der Waals surface area contributed by atoms with Crippen molar-refractivity contribution in [2.45, 2.75) is 0 Å². The van der Waals surface area contributed by atoms with Gasteiger partial charge in [0.15, 0.2) is 6.61 Å². The first kappa shape index (κ1) is 20.5. The summed E-state index contributed by atoms with van der Waals surface area (Å²) in [7, 11) is 1.55. The number of carbonyl (C=O) groups is 1. The number of aromatic hydroxyl groups is 2. The largest absolute Gasteiger partial charge is 0.506 e. The summed E-state index contributed by atoms with van der Waals surface area (Å²) in [4.78, 5) is 11.8. The Bertz CT molecular complexity index is 858. The number of rotatable bonds is 6. The zero-order chi connectivity index (χ0) is 19.3. The maximum atomic E-state index is 11.8. The van der Waals surface area contributed by atoms with Gasteiger partial charge < -0.3 is 19.7 Å². The van der Waals surface area contributed by atoms with Gasteiger partial charge in [-0.25, -0.2) is 5.43 Å². The van der Waals surface area contributed by atoms with Gasteiger partial charge in [-0.3, -0.25) is 4.79 Å². The Hall–Kier alpha value is -1.78. The molecule has 0 saturated heterocycles. The molecule has 10 heteroatoms. The van der Waals surface area contributed by atoms with Gasteiger partial charge in [0, 0.05) is 5.56 Å². The van der Waals surface area contributed by atoms with Crippen LogP contribution in [0.2, 0.25) is 0 Å². The summed E-state index contributed by atoms with van der Waals surface area (Å²) in [6.07, 6.45) is 1.24. The van der Waals surface area contributed by atoms with Gasteiger partial charge in [-0.15, -0.1) is 0 Å². The molecule has 0 atom stereocenters. The minimum absolute atomic E-state index is 0.118. The fourth-order valence-corrected chi connectivity index (χ4v) is 3.42. The number of phenols is 2. The van der Waals surface area contributed by atoms with Crippen LogP contribution in [-0.2, 0) is 4.79 Å². The zero-order valence-electron chi connectivity index (χ0n) is 13.3. The predicted octanol–water partition coefficient (Wildman–Crippen LogP) is 3.92. The topological polar surface area (TPSA) is 100 Å². The number of hydrazone groups is 1. The van der Waals surface area contributed by atoms with Gasteiger partial charge >= 0.3 is 0 Å². The van der Waals surface area contributed by atoms with Crippen molar-refractivity contribution in [2.24, 2.45) is 5.10 Å². The summed E-state index contributed by atoms with van der Waals surface area (Å²) in [6.45, 7) is -0.253. The first-order valence-electron chi connectivity index (χ1n) is 7.01. The highest BCUT2D eigenvalue weighted by molar-refractivity contribution is 9.11. The minimum atomic E-state index is -0.486. The Morgan fingerprint density at radius 2 is 1.92 bits per heavy atom. The molecule has 26 heavy (non-hydrogen) atoms. The molecule has 7 nitrogen and oxygen atoms in total. The second kappa shape index (κ2) is 9.24. The predicted molar refractivity (Wildman–Crippen MR) is 107 cm³/mol. The average Bonchev–Trinajstić information content (AvgIpc) is 2.63. The maximum Gasteiger partial charge on any atom is 0.277 e. The number of nitrogens with one attached hydrogen (secondary N) is 1. The Kier molecular flexibility index (Phi) is 7.30. The third kappa shape index (κ3) is 5.12. The number of amides is 1. The monoisotopic (exact) mass is 550 g/mol. The molecular weight excluding hydrogens is 540 g/mol. The van der Waals surface area contributed by atoms with Crippen molar-refractivity contribution in [1.82, 2.24) is 5.43 Å². The van der Waals surface area contributed by atoms with E-state index in [0.29, 0.717) is 26.0 Å². The highest BCUT2D eigenvalue weighted by Gasteiger charge is 2.13. The van der Waals surface area contributed by atoms with Crippen molar-refractivity contribution in [3.63, 3.8) is 0 Å². The molecule has 1 amide bonds. The van der Waals surface area contributed by atoms with E-state index in [4.69, 9.17) is 9.47 Å². The fourth-order valence-electron chi connectivity index (χ4n) is 1.79. The van der Waals surface area contributed by atoms with Crippen LogP contribution in [0, 0.1) is 0 Å². The third-order valence-corrected chi connectivity index (χ3v) is 5.06. The van der Waals surface area contributed by atoms with E-state index in [2.05, 4.69) is 58.3 Å². The molecule has 0 heterocycles. The van der Waals surface area contributed by atoms with Crippen molar-refractivity contribution in [3.05, 3.63) is 43.2 Å². The molecule has 0 saturated carbocycles. The van der Waals surface area contributed by atoms with E-state index >= 15 is 0 Å². The zero-order valence-corrected chi connectivity index (χ0v) is 18.1. The van der Waals surface area contributed by atoms with Gasteiger partial charge in [0.05, 0.1) is 22.3 Å². The van der Waals surface area contributed by atoms with Crippen LogP contribution in [0.1, 0.15) is 5.56 Å². The third-order valence-electron chi connectivity index (χ3n) is 3.09. The van der Waals surface area contributed by atoms with Crippen molar-refractivity contribution in [3.8, 4) is 23.0 Å². The fraction of sp³-hybridized carbons (Fsp3) is 0.125. The van der Waals surface area contributed by atoms with Crippen LogP contribution in [0.25, 0.3) is 0 Å². The number of ether oxygens (including phenoxy) is 2. The number of carbonyl (C=O) groups excluding carboxylic acids is 1. The average molecular weight is 553 g/mol. The standard InChI is InChI=1S/C16H13Br3N2O5/c1-25-9-2-3-12(10(17)5-9)26-7-13(22)21-20-6-8-4-11(18)16(24)14(19)15(8)23/h2-6,23-24H,7H2,1H3,(H,21,22)/b20-6+. The van der Waals surface area contributed by atoms with Gasteiger partial charge in [0.2, 0.25) is 0 Å². The first-order valence-corrected chi connectivity index (χ1v) is 9.39. The lowest BCUT2D eigenvalue weighted by molar-refractivity contribution is -0.123. The number of nitrogens with zero attached hydrogens (tertiary/aromatic N) is 1.